The number of rotatable bonds is 4. The summed E-state index contributed by atoms with van der Waals surface area (Å²) in [5, 5.41) is 0.0988. The molecule has 0 radical (unpaired) electrons. The van der Waals surface area contributed by atoms with E-state index in [4.69, 9.17) is 32.7 Å². The fourth-order valence-corrected chi connectivity index (χ4v) is 4.34. The summed E-state index contributed by atoms with van der Waals surface area (Å²) in [6.07, 6.45) is 2.72. The Morgan fingerprint density at radius 3 is 2.49 bits per heavy atom. The van der Waals surface area contributed by atoms with Gasteiger partial charge < -0.3 is 14.4 Å². The van der Waals surface area contributed by atoms with Gasteiger partial charge in [-0.05, 0) is 24.3 Å². The summed E-state index contributed by atoms with van der Waals surface area (Å²) in [5.41, 5.74) is -0.777. The maximum Gasteiger partial charge on any atom is 0.340 e. The van der Waals surface area contributed by atoms with Crippen molar-refractivity contribution in [2.24, 2.45) is 0 Å². The van der Waals surface area contributed by atoms with Gasteiger partial charge in [-0.15, -0.1) is 0 Å². The number of hydrogen-bond donors (Lipinski definition) is 0. The van der Waals surface area contributed by atoms with Gasteiger partial charge in [-0.1, -0.05) is 23.2 Å². The second kappa shape index (κ2) is 9.29. The van der Waals surface area contributed by atoms with Gasteiger partial charge in [0, 0.05) is 25.4 Å². The zero-order chi connectivity index (χ0) is 24.7. The molecule has 0 bridgehead atoms. The number of aromatic nitrogens is 4. The predicted molar refractivity (Wildman–Crippen MR) is 130 cm³/mol. The Morgan fingerprint density at radius 1 is 1.03 bits per heavy atom. The van der Waals surface area contributed by atoms with Crippen LogP contribution in [0.4, 0.5) is 10.2 Å². The smallest absolute Gasteiger partial charge is 0.340 e. The van der Waals surface area contributed by atoms with E-state index < -0.39 is 17.1 Å². The highest BCUT2D eigenvalue weighted by Crippen LogP contribution is 2.29. The lowest BCUT2D eigenvalue weighted by Crippen LogP contribution is -2.39. The Hall–Kier alpha value is -3.47. The van der Waals surface area contributed by atoms with Gasteiger partial charge in [0.15, 0.2) is 0 Å². The van der Waals surface area contributed by atoms with Crippen LogP contribution >= 0.6 is 23.2 Å². The van der Waals surface area contributed by atoms with Crippen LogP contribution in [0.3, 0.4) is 0 Å². The molecule has 35 heavy (non-hydrogen) atoms. The normalized spacial score (nSPS) is 13.9. The summed E-state index contributed by atoms with van der Waals surface area (Å²) in [5.74, 6) is -0.117. The third-order valence-corrected chi connectivity index (χ3v) is 6.13. The van der Waals surface area contributed by atoms with E-state index in [-0.39, 0.29) is 38.2 Å². The first-order chi connectivity index (χ1) is 16.9. The fourth-order valence-electron chi connectivity index (χ4n) is 4.00. The van der Waals surface area contributed by atoms with Crippen LogP contribution in [0, 0.1) is 5.82 Å². The van der Waals surface area contributed by atoms with Crippen LogP contribution in [0.2, 0.25) is 10.0 Å². The summed E-state index contributed by atoms with van der Waals surface area (Å²) in [4.78, 5) is 38.0. The molecule has 1 aliphatic rings. The second-order valence-corrected chi connectivity index (χ2v) is 8.55. The summed E-state index contributed by atoms with van der Waals surface area (Å²) in [6.45, 7) is 2.15. The van der Waals surface area contributed by atoms with E-state index in [2.05, 4.69) is 9.97 Å². The van der Waals surface area contributed by atoms with Gasteiger partial charge in [0.2, 0.25) is 5.88 Å². The highest BCUT2D eigenvalue weighted by Gasteiger charge is 2.24. The minimum absolute atomic E-state index is 0.0275. The minimum Gasteiger partial charge on any atom is -0.480 e. The molecule has 0 spiro atoms. The van der Waals surface area contributed by atoms with Crippen LogP contribution < -0.4 is 20.9 Å². The number of pyridine rings is 2. The Kier molecular flexibility index (Phi) is 6.18. The molecular weight excluding hydrogens is 500 g/mol. The van der Waals surface area contributed by atoms with Gasteiger partial charge in [0.05, 0.1) is 53.5 Å². The molecule has 0 aliphatic carbocycles. The molecule has 1 aromatic carbocycles. The Bertz CT molecular complexity index is 1570. The first kappa shape index (κ1) is 23.3. The van der Waals surface area contributed by atoms with Gasteiger partial charge in [-0.2, -0.15) is 4.98 Å². The number of benzene rings is 1. The van der Waals surface area contributed by atoms with Crippen molar-refractivity contribution in [3.05, 3.63) is 79.4 Å². The maximum absolute atomic E-state index is 14.0. The third kappa shape index (κ3) is 4.13. The molecule has 0 N–H and O–H groups in total. The average molecular weight is 518 g/mol. The quantitative estimate of drug-likeness (QED) is 0.410. The molecule has 5 rings (SSSR count). The minimum atomic E-state index is -0.726. The lowest BCUT2D eigenvalue weighted by atomic mass is 10.2. The van der Waals surface area contributed by atoms with Gasteiger partial charge in [-0.3, -0.25) is 14.3 Å². The lowest BCUT2D eigenvalue weighted by Gasteiger charge is -2.28. The summed E-state index contributed by atoms with van der Waals surface area (Å²) >= 11 is 12.1. The van der Waals surface area contributed by atoms with Crippen LogP contribution in [-0.4, -0.2) is 52.5 Å². The number of morpholine rings is 1. The summed E-state index contributed by atoms with van der Waals surface area (Å²) < 4.78 is 27.1. The van der Waals surface area contributed by atoms with Gasteiger partial charge in [0.1, 0.15) is 17.0 Å². The van der Waals surface area contributed by atoms with Crippen molar-refractivity contribution >= 4 is 39.9 Å². The molecule has 4 aromatic rings. The number of anilines is 1. The van der Waals surface area contributed by atoms with Crippen molar-refractivity contribution in [2.75, 3.05) is 38.3 Å². The van der Waals surface area contributed by atoms with E-state index in [0.717, 1.165) is 10.6 Å². The molecule has 0 amide bonds. The third-order valence-electron chi connectivity index (χ3n) is 5.63. The van der Waals surface area contributed by atoms with E-state index in [1.807, 2.05) is 4.90 Å². The maximum atomic E-state index is 14.0. The molecule has 12 heteroatoms. The largest absolute Gasteiger partial charge is 0.480 e. The number of halogens is 3. The van der Waals surface area contributed by atoms with Crippen molar-refractivity contribution in [1.29, 1.82) is 0 Å². The Labute approximate surface area is 207 Å². The number of hydrogen-bond acceptors (Lipinski definition) is 7. The van der Waals surface area contributed by atoms with Crippen molar-refractivity contribution in [1.82, 2.24) is 19.1 Å². The van der Waals surface area contributed by atoms with Crippen LogP contribution in [0.1, 0.15) is 0 Å². The van der Waals surface area contributed by atoms with Crippen molar-refractivity contribution in [3.63, 3.8) is 0 Å². The SMILES string of the molecule is COc1nc(N2CCOCC2)cc2c1c(=O)n(-c1cncc(Cl)c1)c(=O)n2-c1ccc(F)c(Cl)c1. The molecule has 0 unspecified atom stereocenters. The predicted octanol–water partition coefficient (Wildman–Crippen LogP) is 3.22. The van der Waals surface area contributed by atoms with Crippen LogP contribution in [0.5, 0.6) is 5.88 Å². The summed E-state index contributed by atoms with van der Waals surface area (Å²) in [7, 11) is 1.39. The average Bonchev–Trinajstić information content (AvgIpc) is 2.86. The number of fused-ring (bicyclic) bond motifs is 1. The molecule has 180 valence electrons. The van der Waals surface area contributed by atoms with Crippen molar-refractivity contribution < 1.29 is 13.9 Å². The second-order valence-electron chi connectivity index (χ2n) is 7.70. The zero-order valence-corrected chi connectivity index (χ0v) is 19.9. The molecule has 0 atom stereocenters. The zero-order valence-electron chi connectivity index (χ0n) is 18.4. The Morgan fingerprint density at radius 2 is 1.80 bits per heavy atom. The fraction of sp³-hybridized carbons (Fsp3) is 0.217. The standard InChI is InChI=1S/C23H18Cl2FN5O4/c1-34-21-20-18(10-19(28-21)29-4-6-35-7-5-29)30(14-2-3-17(26)16(25)9-14)23(33)31(22(20)32)15-8-13(24)11-27-12-15/h2-3,8-12H,4-7H2,1H3. The molecular formula is C23H18Cl2FN5O4. The number of ether oxygens (including phenoxy) is 2. The number of nitrogens with zero attached hydrogens (tertiary/aromatic N) is 5. The molecule has 1 aliphatic heterocycles. The first-order valence-electron chi connectivity index (χ1n) is 10.5. The van der Waals surface area contributed by atoms with Crippen molar-refractivity contribution in [2.45, 2.75) is 0 Å². The highest BCUT2D eigenvalue weighted by molar-refractivity contribution is 6.31. The van der Waals surface area contributed by atoms with Gasteiger partial charge >= 0.3 is 5.69 Å². The topological polar surface area (TPSA) is 91.5 Å². The molecule has 4 heterocycles. The van der Waals surface area contributed by atoms with Crippen LogP contribution in [0.25, 0.3) is 22.3 Å². The van der Waals surface area contributed by atoms with Crippen molar-refractivity contribution in [3.8, 4) is 17.3 Å². The van der Waals surface area contributed by atoms with Crippen LogP contribution in [0.15, 0.2) is 52.3 Å². The van der Waals surface area contributed by atoms with E-state index in [9.17, 15) is 14.0 Å². The van der Waals surface area contributed by atoms with E-state index in [1.54, 1.807) is 6.07 Å². The van der Waals surface area contributed by atoms with Gasteiger partial charge in [-0.25, -0.2) is 13.8 Å². The lowest BCUT2D eigenvalue weighted by molar-refractivity contribution is 0.122. The first-order valence-corrected chi connectivity index (χ1v) is 11.3. The van der Waals surface area contributed by atoms with E-state index >= 15 is 0 Å². The number of methoxy groups -OCH3 is 1. The molecule has 3 aromatic heterocycles. The molecule has 1 saturated heterocycles. The van der Waals surface area contributed by atoms with E-state index in [1.165, 1.54) is 42.3 Å². The monoisotopic (exact) mass is 517 g/mol. The molecule has 1 fully saturated rings. The van der Waals surface area contributed by atoms with E-state index in [0.29, 0.717) is 32.1 Å². The Balaban J connectivity index is 1.92. The molecule has 9 nitrogen and oxygen atoms in total. The highest BCUT2D eigenvalue weighted by atomic mass is 35.5. The van der Waals surface area contributed by atoms with Crippen LogP contribution in [-0.2, 0) is 4.74 Å². The molecule has 0 saturated carbocycles. The summed E-state index contributed by atoms with van der Waals surface area (Å²) in [6, 6.07) is 6.92. The van der Waals surface area contributed by atoms with Gasteiger partial charge in [0.25, 0.3) is 5.56 Å².